The Balaban J connectivity index is 0.000000364. The topological polar surface area (TPSA) is 131 Å². The van der Waals surface area contributed by atoms with Gasteiger partial charge >= 0.3 is 0 Å². The van der Waals surface area contributed by atoms with Gasteiger partial charge in [-0.25, -0.2) is 0 Å². The third kappa shape index (κ3) is 8.81. The minimum Gasteiger partial charge on any atom is -0.497 e. The second-order valence-corrected chi connectivity index (χ2v) is 10.2. The van der Waals surface area contributed by atoms with Crippen molar-refractivity contribution in [1.82, 2.24) is 15.2 Å². The number of carbonyl (C=O) groups is 1. The molecule has 1 heterocycles. The van der Waals surface area contributed by atoms with Crippen LogP contribution in [-0.4, -0.2) is 53.2 Å². The summed E-state index contributed by atoms with van der Waals surface area (Å²) < 4.78 is 5.18. The minimum atomic E-state index is -1.02. The monoisotopic (exact) mass is 540 g/mol. The molecule has 6 N–H and O–H groups in total. The molecule has 0 saturated heterocycles. The van der Waals surface area contributed by atoms with Gasteiger partial charge in [0.25, 0.3) is 0 Å². The quantitative estimate of drug-likeness (QED) is 0.150. The van der Waals surface area contributed by atoms with Crippen molar-refractivity contribution in [2.75, 3.05) is 20.2 Å². The van der Waals surface area contributed by atoms with E-state index in [9.17, 15) is 4.79 Å². The summed E-state index contributed by atoms with van der Waals surface area (Å²) in [6.45, 7) is 5.83. The van der Waals surface area contributed by atoms with E-state index < -0.39 is 5.54 Å². The van der Waals surface area contributed by atoms with Crippen LogP contribution in [0.4, 0.5) is 0 Å². The average molecular weight is 541 g/mol. The summed E-state index contributed by atoms with van der Waals surface area (Å²) in [5, 5.41) is 21.1. The molecule has 8 heteroatoms. The predicted molar refractivity (Wildman–Crippen MR) is 163 cm³/mol. The molecule has 210 valence electrons. The zero-order valence-electron chi connectivity index (χ0n) is 23.8. The lowest BCUT2D eigenvalue weighted by Gasteiger charge is -2.27. The highest BCUT2D eigenvalue weighted by molar-refractivity contribution is 6.01. The maximum Gasteiger partial charge on any atom is 0.239 e. The number of methoxy groups -OCH3 is 1. The number of aromatic nitrogens is 1. The van der Waals surface area contributed by atoms with E-state index in [1.807, 2.05) is 66.9 Å². The van der Waals surface area contributed by atoms with Crippen LogP contribution < -0.4 is 15.8 Å². The van der Waals surface area contributed by atoms with Crippen LogP contribution in [0.25, 0.3) is 10.9 Å². The number of benzene rings is 3. The third-order valence-electron chi connectivity index (χ3n) is 6.45. The molecule has 0 spiro atoms. The van der Waals surface area contributed by atoms with Crippen LogP contribution in [0.1, 0.15) is 30.5 Å². The van der Waals surface area contributed by atoms with Gasteiger partial charge in [-0.1, -0.05) is 60.7 Å². The first-order valence-corrected chi connectivity index (χ1v) is 13.3. The van der Waals surface area contributed by atoms with Crippen molar-refractivity contribution in [3.63, 3.8) is 0 Å². The molecule has 3 aromatic carbocycles. The molecule has 0 atom stereocenters. The summed E-state index contributed by atoms with van der Waals surface area (Å²) in [6.07, 6.45) is 3.09. The maximum absolute atomic E-state index is 12.1. The second-order valence-electron chi connectivity index (χ2n) is 10.2. The SMILES string of the molecule is COc1ccc(CC(=N)N(CCc2ccccc2)C(=N)CNC(=O)C(C)(C)N)cc1.Cc1c[nH]c2ccccc12. The van der Waals surface area contributed by atoms with Gasteiger partial charge in [-0.2, -0.15) is 0 Å². The van der Waals surface area contributed by atoms with Crippen LogP contribution >= 0.6 is 0 Å². The molecule has 0 aliphatic rings. The Morgan fingerprint density at radius 1 is 0.950 bits per heavy atom. The Hall–Kier alpha value is -4.43. The maximum atomic E-state index is 12.1. The molecule has 40 heavy (non-hydrogen) atoms. The van der Waals surface area contributed by atoms with Gasteiger partial charge in [-0.3, -0.25) is 15.6 Å². The van der Waals surface area contributed by atoms with E-state index in [2.05, 4.69) is 35.4 Å². The number of hydrogen-bond acceptors (Lipinski definition) is 5. The Bertz CT molecular complexity index is 1400. The minimum absolute atomic E-state index is 0.0131. The van der Waals surface area contributed by atoms with E-state index in [-0.39, 0.29) is 18.3 Å². The number of para-hydroxylation sites is 1. The first-order chi connectivity index (χ1) is 19.1. The Morgan fingerprint density at radius 2 is 1.60 bits per heavy atom. The van der Waals surface area contributed by atoms with Gasteiger partial charge in [-0.15, -0.1) is 0 Å². The molecule has 4 rings (SSSR count). The van der Waals surface area contributed by atoms with Gasteiger partial charge in [0.05, 0.1) is 19.2 Å². The van der Waals surface area contributed by atoms with Crippen molar-refractivity contribution in [3.05, 3.63) is 102 Å². The lowest BCUT2D eigenvalue weighted by Crippen LogP contribution is -2.52. The number of nitrogens with two attached hydrogens (primary N) is 1. The van der Waals surface area contributed by atoms with Crippen molar-refractivity contribution in [2.45, 2.75) is 39.2 Å². The number of fused-ring (bicyclic) bond motifs is 1. The molecule has 8 nitrogen and oxygen atoms in total. The summed E-state index contributed by atoms with van der Waals surface area (Å²) in [6, 6.07) is 25.8. The first-order valence-electron chi connectivity index (χ1n) is 13.3. The largest absolute Gasteiger partial charge is 0.497 e. The number of rotatable bonds is 9. The van der Waals surface area contributed by atoms with Crippen LogP contribution in [0.2, 0.25) is 0 Å². The number of H-pyrrole nitrogens is 1. The normalized spacial score (nSPS) is 10.8. The number of ether oxygens (including phenoxy) is 1. The fraction of sp³-hybridized carbons (Fsp3) is 0.281. The molecular formula is C32H40N6O2. The fourth-order valence-corrected chi connectivity index (χ4v) is 4.05. The molecule has 1 amide bonds. The first kappa shape index (κ1) is 30.1. The number of amidine groups is 2. The lowest BCUT2D eigenvalue weighted by molar-refractivity contribution is -0.124. The molecular weight excluding hydrogens is 500 g/mol. The van der Waals surface area contributed by atoms with Gasteiger partial charge in [0, 0.05) is 30.1 Å². The molecule has 0 radical (unpaired) electrons. The van der Waals surface area contributed by atoms with Crippen LogP contribution in [0.3, 0.4) is 0 Å². The summed E-state index contributed by atoms with van der Waals surface area (Å²) in [5.41, 5.74) is 9.40. The van der Waals surface area contributed by atoms with E-state index >= 15 is 0 Å². The van der Waals surface area contributed by atoms with Crippen molar-refractivity contribution < 1.29 is 9.53 Å². The molecule has 4 aromatic rings. The van der Waals surface area contributed by atoms with E-state index in [0.29, 0.717) is 25.2 Å². The number of nitrogens with one attached hydrogen (secondary N) is 4. The Labute approximate surface area is 236 Å². The molecule has 0 saturated carbocycles. The zero-order valence-corrected chi connectivity index (χ0v) is 23.8. The van der Waals surface area contributed by atoms with E-state index in [1.165, 1.54) is 16.5 Å². The van der Waals surface area contributed by atoms with Gasteiger partial charge in [0.1, 0.15) is 17.4 Å². The zero-order chi connectivity index (χ0) is 29.1. The summed E-state index contributed by atoms with van der Waals surface area (Å²) in [4.78, 5) is 16.9. The Morgan fingerprint density at radius 3 is 2.23 bits per heavy atom. The van der Waals surface area contributed by atoms with E-state index in [0.717, 1.165) is 16.9 Å². The van der Waals surface area contributed by atoms with Crippen LogP contribution in [-0.2, 0) is 17.6 Å². The number of nitrogens with zero attached hydrogens (tertiary/aromatic N) is 1. The molecule has 1 aromatic heterocycles. The van der Waals surface area contributed by atoms with Gasteiger partial charge < -0.3 is 25.7 Å². The molecule has 0 fully saturated rings. The molecule has 0 unspecified atom stereocenters. The molecule has 0 aliphatic heterocycles. The van der Waals surface area contributed by atoms with Crippen LogP contribution in [0, 0.1) is 17.7 Å². The highest BCUT2D eigenvalue weighted by Gasteiger charge is 2.23. The predicted octanol–water partition coefficient (Wildman–Crippen LogP) is 5.07. The van der Waals surface area contributed by atoms with Crippen LogP contribution in [0.15, 0.2) is 85.1 Å². The lowest BCUT2D eigenvalue weighted by atomic mass is 10.1. The van der Waals surface area contributed by atoms with Gasteiger partial charge in [0.15, 0.2) is 0 Å². The number of aromatic amines is 1. The average Bonchev–Trinajstić information content (AvgIpc) is 3.33. The van der Waals surface area contributed by atoms with Crippen molar-refractivity contribution >= 4 is 28.5 Å². The highest BCUT2D eigenvalue weighted by atomic mass is 16.5. The highest BCUT2D eigenvalue weighted by Crippen LogP contribution is 2.16. The summed E-state index contributed by atoms with van der Waals surface area (Å²) in [5.74, 6) is 0.868. The number of carbonyl (C=O) groups excluding carboxylic acids is 1. The number of hydrogen-bond donors (Lipinski definition) is 5. The molecule has 0 aliphatic carbocycles. The number of amides is 1. The van der Waals surface area contributed by atoms with Gasteiger partial charge in [-0.05, 0) is 62.1 Å². The van der Waals surface area contributed by atoms with E-state index in [1.54, 1.807) is 25.9 Å². The van der Waals surface area contributed by atoms with Crippen molar-refractivity contribution in [2.24, 2.45) is 5.73 Å². The van der Waals surface area contributed by atoms with Crippen LogP contribution in [0.5, 0.6) is 5.75 Å². The fourth-order valence-electron chi connectivity index (χ4n) is 4.05. The number of aryl methyl sites for hydroxylation is 1. The van der Waals surface area contributed by atoms with Gasteiger partial charge in [0.2, 0.25) is 5.91 Å². The summed E-state index contributed by atoms with van der Waals surface area (Å²) >= 11 is 0. The second kappa shape index (κ2) is 14.1. The molecule has 0 bridgehead atoms. The summed E-state index contributed by atoms with van der Waals surface area (Å²) in [7, 11) is 1.61. The van der Waals surface area contributed by atoms with E-state index in [4.69, 9.17) is 21.3 Å². The van der Waals surface area contributed by atoms with Crippen molar-refractivity contribution in [3.8, 4) is 5.75 Å². The Kier molecular flexibility index (Phi) is 10.6. The van der Waals surface area contributed by atoms with Crippen molar-refractivity contribution in [1.29, 1.82) is 10.8 Å². The smallest absolute Gasteiger partial charge is 0.239 e. The third-order valence-corrected chi connectivity index (χ3v) is 6.45. The standard InChI is InChI=1S/C23H31N5O2.C9H9N/c1-23(2,26)22(29)27-16-21(25)28(14-13-17-7-5-4-6-8-17)20(24)15-18-9-11-19(30-3)12-10-18;1-7-6-10-9-5-3-2-4-8(7)9/h4-12,24-25H,13-16,26H2,1-3H3,(H,27,29);2-6,10H,1H3.